The van der Waals surface area contributed by atoms with Crippen LogP contribution in [-0.4, -0.2) is 41.6 Å². The molecule has 0 radical (unpaired) electrons. The zero-order chi connectivity index (χ0) is 14.7. The Morgan fingerprint density at radius 3 is 2.80 bits per heavy atom. The molecule has 0 bridgehead atoms. The molecule has 6 nitrogen and oxygen atoms in total. The summed E-state index contributed by atoms with van der Waals surface area (Å²) in [6.07, 6.45) is 2.30. The van der Waals surface area contributed by atoms with Crippen molar-refractivity contribution in [3.05, 3.63) is 23.2 Å². The number of amides is 1. The molecule has 2 heterocycles. The SMILES string of the molecule is Cc1oc(CN(C)C(=O)C[C@@H]2CCCO2)cc1C(=O)O. The summed E-state index contributed by atoms with van der Waals surface area (Å²) in [5.74, 6) is -0.218. The Morgan fingerprint density at radius 1 is 1.50 bits per heavy atom. The first kappa shape index (κ1) is 14.6. The van der Waals surface area contributed by atoms with Crippen molar-refractivity contribution in [3.63, 3.8) is 0 Å². The van der Waals surface area contributed by atoms with E-state index in [1.165, 1.54) is 11.0 Å². The highest BCUT2D eigenvalue weighted by atomic mass is 16.5. The third-order valence-corrected chi connectivity index (χ3v) is 3.44. The predicted octanol–water partition coefficient (Wildman–Crippen LogP) is 1.81. The number of nitrogens with zero attached hydrogens (tertiary/aromatic N) is 1. The topological polar surface area (TPSA) is 80.0 Å². The second-order valence-corrected chi connectivity index (χ2v) is 5.08. The molecule has 1 atom stereocenters. The summed E-state index contributed by atoms with van der Waals surface area (Å²) in [6.45, 7) is 2.59. The van der Waals surface area contributed by atoms with Crippen molar-refractivity contribution in [2.75, 3.05) is 13.7 Å². The van der Waals surface area contributed by atoms with E-state index in [1.54, 1.807) is 14.0 Å². The molecule has 1 N–H and O–H groups in total. The molecule has 0 aromatic carbocycles. The molecule has 1 fully saturated rings. The van der Waals surface area contributed by atoms with Crippen molar-refractivity contribution in [2.24, 2.45) is 0 Å². The molecule has 1 aromatic rings. The van der Waals surface area contributed by atoms with Crippen molar-refractivity contribution in [2.45, 2.75) is 38.8 Å². The highest BCUT2D eigenvalue weighted by molar-refractivity contribution is 5.88. The largest absolute Gasteiger partial charge is 0.478 e. The first-order chi connectivity index (χ1) is 9.47. The van der Waals surface area contributed by atoms with Crippen LogP contribution in [0.15, 0.2) is 10.5 Å². The van der Waals surface area contributed by atoms with Crippen LogP contribution in [-0.2, 0) is 16.1 Å². The van der Waals surface area contributed by atoms with Gasteiger partial charge in [0.05, 0.1) is 19.1 Å². The smallest absolute Gasteiger partial charge is 0.339 e. The standard InChI is InChI=1S/C14H19NO5/c1-9-12(14(17)18)6-11(20-9)8-15(2)13(16)7-10-4-3-5-19-10/h6,10H,3-5,7-8H2,1-2H3,(H,17,18)/t10-/m0/s1. The summed E-state index contributed by atoms with van der Waals surface area (Å²) in [5, 5.41) is 8.95. The lowest BCUT2D eigenvalue weighted by Gasteiger charge is -2.17. The lowest BCUT2D eigenvalue weighted by Crippen LogP contribution is -2.29. The number of furan rings is 1. The van der Waals surface area contributed by atoms with Crippen LogP contribution in [0.2, 0.25) is 0 Å². The number of hydrogen-bond donors (Lipinski definition) is 1. The molecule has 1 aromatic heterocycles. The first-order valence-corrected chi connectivity index (χ1v) is 6.65. The molecular weight excluding hydrogens is 262 g/mol. The van der Waals surface area contributed by atoms with E-state index in [1.807, 2.05) is 0 Å². The maximum Gasteiger partial charge on any atom is 0.339 e. The number of carboxylic acid groups (broad SMARTS) is 1. The van der Waals surface area contributed by atoms with Gasteiger partial charge < -0.3 is 19.2 Å². The lowest BCUT2D eigenvalue weighted by atomic mass is 10.1. The Kier molecular flexibility index (Phi) is 4.44. The van der Waals surface area contributed by atoms with Crippen molar-refractivity contribution >= 4 is 11.9 Å². The fourth-order valence-electron chi connectivity index (χ4n) is 2.31. The van der Waals surface area contributed by atoms with E-state index in [4.69, 9.17) is 14.3 Å². The number of rotatable bonds is 5. The average Bonchev–Trinajstić information content (AvgIpc) is 2.98. The number of ether oxygens (including phenoxy) is 1. The summed E-state index contributed by atoms with van der Waals surface area (Å²) < 4.78 is 10.8. The molecule has 110 valence electrons. The van der Waals surface area contributed by atoms with E-state index in [2.05, 4.69) is 0 Å². The van der Waals surface area contributed by atoms with Gasteiger partial charge in [0.1, 0.15) is 17.1 Å². The highest BCUT2D eigenvalue weighted by Crippen LogP contribution is 2.19. The second-order valence-electron chi connectivity index (χ2n) is 5.08. The van der Waals surface area contributed by atoms with Crippen LogP contribution >= 0.6 is 0 Å². The van der Waals surface area contributed by atoms with E-state index in [9.17, 15) is 9.59 Å². The summed E-state index contributed by atoms with van der Waals surface area (Å²) >= 11 is 0. The quantitative estimate of drug-likeness (QED) is 0.890. The van der Waals surface area contributed by atoms with Gasteiger partial charge in [0.15, 0.2) is 0 Å². The van der Waals surface area contributed by atoms with E-state index < -0.39 is 5.97 Å². The first-order valence-electron chi connectivity index (χ1n) is 6.65. The highest BCUT2D eigenvalue weighted by Gasteiger charge is 2.22. The van der Waals surface area contributed by atoms with E-state index in [-0.39, 0.29) is 24.1 Å². The zero-order valence-corrected chi connectivity index (χ0v) is 11.7. The van der Waals surface area contributed by atoms with Gasteiger partial charge in [-0.1, -0.05) is 0 Å². The molecule has 0 unspecified atom stereocenters. The van der Waals surface area contributed by atoms with Crippen LogP contribution < -0.4 is 0 Å². The number of carbonyl (C=O) groups excluding carboxylic acids is 1. The fourth-order valence-corrected chi connectivity index (χ4v) is 2.31. The van der Waals surface area contributed by atoms with Crippen molar-refractivity contribution in [3.8, 4) is 0 Å². The van der Waals surface area contributed by atoms with Crippen LogP contribution in [0.25, 0.3) is 0 Å². The predicted molar refractivity (Wildman–Crippen MR) is 70.5 cm³/mol. The molecular formula is C14H19NO5. The van der Waals surface area contributed by atoms with Crippen molar-refractivity contribution in [1.82, 2.24) is 4.90 Å². The van der Waals surface area contributed by atoms with Gasteiger partial charge >= 0.3 is 5.97 Å². The van der Waals surface area contributed by atoms with Gasteiger partial charge in [0.25, 0.3) is 0 Å². The molecule has 2 rings (SSSR count). The number of carboxylic acids is 1. The van der Waals surface area contributed by atoms with Crippen molar-refractivity contribution < 1.29 is 23.8 Å². The van der Waals surface area contributed by atoms with Gasteiger partial charge in [0.2, 0.25) is 5.91 Å². The molecule has 0 aliphatic carbocycles. The van der Waals surface area contributed by atoms with Gasteiger partial charge in [-0.3, -0.25) is 4.79 Å². The van der Waals surface area contributed by atoms with Crippen LogP contribution in [0.4, 0.5) is 0 Å². The van der Waals surface area contributed by atoms with Gasteiger partial charge in [-0.2, -0.15) is 0 Å². The van der Waals surface area contributed by atoms with E-state index in [0.29, 0.717) is 17.9 Å². The fraction of sp³-hybridized carbons (Fsp3) is 0.571. The molecule has 0 saturated carbocycles. The average molecular weight is 281 g/mol. The van der Waals surface area contributed by atoms with Crippen LogP contribution in [0.5, 0.6) is 0 Å². The minimum Gasteiger partial charge on any atom is -0.478 e. The Bertz CT molecular complexity index is 502. The van der Waals surface area contributed by atoms with E-state index in [0.717, 1.165) is 19.4 Å². The number of aryl methyl sites for hydroxylation is 1. The summed E-state index contributed by atoms with van der Waals surface area (Å²) in [7, 11) is 1.68. The molecule has 1 amide bonds. The zero-order valence-electron chi connectivity index (χ0n) is 11.7. The minimum atomic E-state index is -1.02. The normalized spacial score (nSPS) is 18.2. The number of hydrogen-bond acceptors (Lipinski definition) is 4. The Hall–Kier alpha value is -1.82. The number of aromatic carboxylic acids is 1. The maximum absolute atomic E-state index is 12.0. The molecule has 6 heteroatoms. The molecule has 0 spiro atoms. The third kappa shape index (κ3) is 3.39. The molecule has 1 aliphatic rings. The summed E-state index contributed by atoms with van der Waals surface area (Å²) in [4.78, 5) is 24.5. The minimum absolute atomic E-state index is 0.0119. The van der Waals surface area contributed by atoms with Crippen molar-refractivity contribution in [1.29, 1.82) is 0 Å². The Labute approximate surface area is 117 Å². The van der Waals surface area contributed by atoms with Gasteiger partial charge in [-0.05, 0) is 25.8 Å². The van der Waals surface area contributed by atoms with Gasteiger partial charge in [0, 0.05) is 13.7 Å². The van der Waals surface area contributed by atoms with Crippen LogP contribution in [0.1, 0.15) is 41.1 Å². The van der Waals surface area contributed by atoms with Gasteiger partial charge in [-0.15, -0.1) is 0 Å². The molecule has 20 heavy (non-hydrogen) atoms. The Morgan fingerprint density at radius 2 is 2.25 bits per heavy atom. The van der Waals surface area contributed by atoms with Gasteiger partial charge in [-0.25, -0.2) is 4.79 Å². The second kappa shape index (κ2) is 6.09. The molecule has 1 aliphatic heterocycles. The van der Waals surface area contributed by atoms with Crippen LogP contribution in [0, 0.1) is 6.92 Å². The molecule has 1 saturated heterocycles. The Balaban J connectivity index is 1.93. The summed E-state index contributed by atoms with van der Waals surface area (Å²) in [5.41, 5.74) is 0.139. The van der Waals surface area contributed by atoms with Crippen LogP contribution in [0.3, 0.4) is 0 Å². The van der Waals surface area contributed by atoms with E-state index >= 15 is 0 Å². The third-order valence-electron chi connectivity index (χ3n) is 3.44. The summed E-state index contributed by atoms with van der Waals surface area (Å²) in [6, 6.07) is 1.47. The maximum atomic E-state index is 12.0. The monoisotopic (exact) mass is 281 g/mol. The lowest BCUT2D eigenvalue weighted by molar-refractivity contribution is -0.132. The number of carbonyl (C=O) groups is 2.